The van der Waals surface area contributed by atoms with Crippen LogP contribution in [0.25, 0.3) is 0 Å². The Labute approximate surface area is 389 Å². The van der Waals surface area contributed by atoms with Gasteiger partial charge in [0, 0.05) is 19.3 Å². The van der Waals surface area contributed by atoms with Gasteiger partial charge in [-0.1, -0.05) is 203 Å². The Morgan fingerprint density at radius 3 is 1.02 bits per heavy atom. The monoisotopic (exact) mass is 879 g/mol. The van der Waals surface area contributed by atoms with Crippen LogP contribution in [0.5, 0.6) is 0 Å². The maximum Gasteiger partial charge on any atom is 0.306 e. The van der Waals surface area contributed by atoms with E-state index in [1.54, 1.807) is 0 Å². The van der Waals surface area contributed by atoms with Crippen LogP contribution >= 0.6 is 0 Å². The maximum atomic E-state index is 12.8. The zero-order valence-corrected chi connectivity index (χ0v) is 41.3. The minimum Gasteiger partial charge on any atom is -0.462 e. The molecule has 0 bridgehead atoms. The smallest absolute Gasteiger partial charge is 0.306 e. The summed E-state index contributed by atoms with van der Waals surface area (Å²) >= 11 is 0. The van der Waals surface area contributed by atoms with Crippen molar-refractivity contribution in [2.45, 2.75) is 258 Å². The van der Waals surface area contributed by atoms with Gasteiger partial charge in [-0.15, -0.1) is 0 Å². The predicted octanol–water partition coefficient (Wildman–Crippen LogP) is 17.4. The fourth-order valence-corrected chi connectivity index (χ4v) is 7.25. The van der Waals surface area contributed by atoms with Gasteiger partial charge >= 0.3 is 17.9 Å². The highest BCUT2D eigenvalue weighted by atomic mass is 16.6. The summed E-state index contributed by atoms with van der Waals surface area (Å²) in [5.74, 6) is -0.945. The van der Waals surface area contributed by atoms with Crippen LogP contribution < -0.4 is 0 Å². The molecular formula is C57H98O6. The van der Waals surface area contributed by atoms with Crippen LogP contribution in [-0.2, 0) is 28.6 Å². The van der Waals surface area contributed by atoms with Crippen molar-refractivity contribution in [3.63, 3.8) is 0 Å². The number of ether oxygens (including phenoxy) is 3. The largest absolute Gasteiger partial charge is 0.462 e. The molecule has 0 N–H and O–H groups in total. The highest BCUT2D eigenvalue weighted by molar-refractivity contribution is 5.71. The lowest BCUT2D eigenvalue weighted by atomic mass is 10.1. The van der Waals surface area contributed by atoms with Crippen LogP contribution in [-0.4, -0.2) is 37.2 Å². The van der Waals surface area contributed by atoms with Crippen LogP contribution in [0.4, 0.5) is 0 Å². The van der Waals surface area contributed by atoms with Gasteiger partial charge in [0.05, 0.1) is 0 Å². The van der Waals surface area contributed by atoms with Crippen molar-refractivity contribution >= 4 is 17.9 Å². The molecule has 0 aromatic heterocycles. The zero-order chi connectivity index (χ0) is 45.8. The molecule has 0 aliphatic heterocycles. The second-order valence-electron chi connectivity index (χ2n) is 17.4. The predicted molar refractivity (Wildman–Crippen MR) is 270 cm³/mol. The summed E-state index contributed by atoms with van der Waals surface area (Å²) in [6.45, 7) is 6.38. The highest BCUT2D eigenvalue weighted by Crippen LogP contribution is 2.14. The molecule has 0 rings (SSSR count). The summed E-state index contributed by atoms with van der Waals surface area (Å²) in [6.07, 6.45) is 64.7. The van der Waals surface area contributed by atoms with Crippen LogP contribution in [0.15, 0.2) is 72.9 Å². The fourth-order valence-electron chi connectivity index (χ4n) is 7.25. The molecule has 0 amide bonds. The van der Waals surface area contributed by atoms with Gasteiger partial charge in [-0.2, -0.15) is 0 Å². The number of allylic oxidation sites excluding steroid dienone is 12. The molecule has 0 aromatic carbocycles. The topological polar surface area (TPSA) is 78.9 Å². The molecule has 0 saturated carbocycles. The molecule has 1 atom stereocenters. The van der Waals surface area contributed by atoms with Gasteiger partial charge in [0.2, 0.25) is 0 Å². The van der Waals surface area contributed by atoms with E-state index in [1.165, 1.54) is 116 Å². The van der Waals surface area contributed by atoms with E-state index in [2.05, 4.69) is 93.7 Å². The van der Waals surface area contributed by atoms with E-state index in [0.29, 0.717) is 19.3 Å². The minimum absolute atomic E-state index is 0.0931. The summed E-state index contributed by atoms with van der Waals surface area (Å²) < 4.78 is 16.8. The second-order valence-corrected chi connectivity index (χ2v) is 17.4. The van der Waals surface area contributed by atoms with Crippen molar-refractivity contribution in [3.05, 3.63) is 72.9 Å². The number of hydrogen-bond donors (Lipinski definition) is 0. The third-order valence-corrected chi connectivity index (χ3v) is 11.2. The van der Waals surface area contributed by atoms with Crippen LogP contribution in [0.2, 0.25) is 0 Å². The summed E-state index contributed by atoms with van der Waals surface area (Å²) in [5.41, 5.74) is 0. The van der Waals surface area contributed by atoms with Gasteiger partial charge in [-0.05, 0) is 103 Å². The molecule has 0 aliphatic carbocycles. The number of rotatable bonds is 47. The molecule has 6 heteroatoms. The molecule has 362 valence electrons. The van der Waals surface area contributed by atoms with Crippen molar-refractivity contribution < 1.29 is 28.6 Å². The number of hydrogen-bond acceptors (Lipinski definition) is 6. The molecule has 0 spiro atoms. The molecular weight excluding hydrogens is 781 g/mol. The van der Waals surface area contributed by atoms with Gasteiger partial charge in [-0.3, -0.25) is 14.4 Å². The third kappa shape index (κ3) is 49.7. The third-order valence-electron chi connectivity index (χ3n) is 11.2. The molecule has 0 radical (unpaired) electrons. The van der Waals surface area contributed by atoms with E-state index in [9.17, 15) is 14.4 Å². The van der Waals surface area contributed by atoms with Crippen molar-refractivity contribution in [1.82, 2.24) is 0 Å². The molecule has 0 heterocycles. The number of esters is 3. The summed E-state index contributed by atoms with van der Waals surface area (Å²) in [4.78, 5) is 38.0. The average Bonchev–Trinajstić information content (AvgIpc) is 3.28. The van der Waals surface area contributed by atoms with Gasteiger partial charge in [0.25, 0.3) is 0 Å². The maximum absolute atomic E-state index is 12.8. The lowest BCUT2D eigenvalue weighted by molar-refractivity contribution is -0.167. The Balaban J connectivity index is 4.38. The minimum atomic E-state index is -0.796. The fraction of sp³-hybridized carbons (Fsp3) is 0.737. The molecule has 0 aliphatic rings. The van der Waals surface area contributed by atoms with Gasteiger partial charge in [-0.25, -0.2) is 0 Å². The number of carbonyl (C=O) groups excluding carboxylic acids is 3. The van der Waals surface area contributed by atoms with Crippen LogP contribution in [0, 0.1) is 0 Å². The first kappa shape index (κ1) is 59.9. The molecule has 6 nitrogen and oxygen atoms in total. The van der Waals surface area contributed by atoms with E-state index in [-0.39, 0.29) is 31.1 Å². The van der Waals surface area contributed by atoms with Gasteiger partial charge in [0.1, 0.15) is 13.2 Å². The first-order chi connectivity index (χ1) is 31.0. The van der Waals surface area contributed by atoms with E-state index in [1.807, 2.05) is 0 Å². The summed E-state index contributed by atoms with van der Waals surface area (Å²) in [6, 6.07) is 0. The Morgan fingerprint density at radius 1 is 0.333 bits per heavy atom. The number of unbranched alkanes of at least 4 members (excludes halogenated alkanes) is 24. The lowest BCUT2D eigenvalue weighted by Gasteiger charge is -2.18. The van der Waals surface area contributed by atoms with Crippen LogP contribution in [0.3, 0.4) is 0 Å². The van der Waals surface area contributed by atoms with Gasteiger partial charge < -0.3 is 14.2 Å². The van der Waals surface area contributed by atoms with E-state index in [4.69, 9.17) is 14.2 Å². The van der Waals surface area contributed by atoms with Crippen LogP contribution in [0.1, 0.15) is 252 Å². The van der Waals surface area contributed by atoms with E-state index < -0.39 is 6.10 Å². The normalized spacial score (nSPS) is 12.6. The number of carbonyl (C=O) groups is 3. The molecule has 0 aromatic rings. The summed E-state index contributed by atoms with van der Waals surface area (Å²) in [5, 5.41) is 0. The summed E-state index contributed by atoms with van der Waals surface area (Å²) in [7, 11) is 0. The zero-order valence-electron chi connectivity index (χ0n) is 41.3. The Bertz CT molecular complexity index is 1190. The lowest BCUT2D eigenvalue weighted by Crippen LogP contribution is -2.30. The Morgan fingerprint density at radius 2 is 0.619 bits per heavy atom. The Kier molecular flexibility index (Phi) is 48.9. The average molecular weight is 879 g/mol. The molecule has 1 unspecified atom stereocenters. The highest BCUT2D eigenvalue weighted by Gasteiger charge is 2.19. The SMILES string of the molecule is CC/C=C\C/C=C\C/C=C\CCCCC(=O)OCC(COC(=O)CCCCCCCCC/C=C\CCCCCCCCCC)OC(=O)CCCCCCCCC/C=C\C/C=C\CC. The quantitative estimate of drug-likeness (QED) is 0.0262. The molecule has 0 saturated heterocycles. The van der Waals surface area contributed by atoms with Crippen molar-refractivity contribution in [2.24, 2.45) is 0 Å². The van der Waals surface area contributed by atoms with Gasteiger partial charge in [0.15, 0.2) is 6.10 Å². The standard InChI is InChI=1S/C57H98O6/c1-4-7-10-13-16-19-22-25-27-28-29-30-31-33-35-38-41-44-47-50-56(59)62-53-54(52-61-55(58)49-46-43-40-37-34-24-21-18-15-12-9-6-3)63-57(60)51-48-45-42-39-36-32-26-23-20-17-14-11-8-5-2/h8-9,11-12,17-18,20-21,28-29,34,37,54H,4-7,10,13-16,19,22-27,30-33,35-36,38-53H2,1-3H3/b11-8-,12-9-,20-17-,21-18-,29-28-,37-34-. The first-order valence-corrected chi connectivity index (χ1v) is 26.4. The molecule has 0 fully saturated rings. The Hall–Kier alpha value is -3.15. The second kappa shape index (κ2) is 51.5. The van der Waals surface area contributed by atoms with Crippen molar-refractivity contribution in [1.29, 1.82) is 0 Å². The molecule has 63 heavy (non-hydrogen) atoms. The van der Waals surface area contributed by atoms with E-state index >= 15 is 0 Å². The first-order valence-electron chi connectivity index (χ1n) is 26.4. The van der Waals surface area contributed by atoms with Crippen molar-refractivity contribution in [2.75, 3.05) is 13.2 Å². The van der Waals surface area contributed by atoms with E-state index in [0.717, 1.165) is 96.3 Å². The van der Waals surface area contributed by atoms with Crippen molar-refractivity contribution in [3.8, 4) is 0 Å².